The van der Waals surface area contributed by atoms with Crippen LogP contribution in [-0.2, 0) is 24.5 Å². The normalized spacial score (nSPS) is 16.2. The molecular formula is C15H14F4O5S. The van der Waals surface area contributed by atoms with Crippen molar-refractivity contribution in [3.8, 4) is 0 Å². The van der Waals surface area contributed by atoms with E-state index < -0.39 is 44.2 Å². The molecule has 0 amide bonds. The molecule has 0 aliphatic heterocycles. The van der Waals surface area contributed by atoms with Crippen molar-refractivity contribution in [2.75, 3.05) is 6.61 Å². The number of rotatable bonds is 4. The predicted molar refractivity (Wildman–Crippen MR) is 79.4 cm³/mol. The Kier molecular flexibility index (Phi) is 4.62. The second-order valence-electron chi connectivity index (χ2n) is 5.81. The first-order chi connectivity index (χ1) is 11.3. The topological polar surface area (TPSA) is 69.7 Å². The number of halogens is 4. The molecule has 10 heteroatoms. The summed E-state index contributed by atoms with van der Waals surface area (Å²) in [4.78, 5) is 11.8. The summed E-state index contributed by atoms with van der Waals surface area (Å²) in [6.45, 7) is 4.52. The van der Waals surface area contributed by atoms with Crippen molar-refractivity contribution >= 4 is 21.8 Å². The fraction of sp³-hybridized carbons (Fsp3) is 0.400. The molecule has 0 saturated heterocycles. The van der Waals surface area contributed by atoms with E-state index in [1.165, 1.54) is 20.8 Å². The fourth-order valence-electron chi connectivity index (χ4n) is 2.39. The number of carbonyl (C=O) groups is 1. The molecule has 0 unspecified atom stereocenters. The van der Waals surface area contributed by atoms with E-state index in [1.807, 2.05) is 0 Å². The van der Waals surface area contributed by atoms with E-state index >= 15 is 0 Å². The van der Waals surface area contributed by atoms with Crippen LogP contribution in [0.2, 0.25) is 0 Å². The fourth-order valence-corrected chi connectivity index (χ4v) is 2.86. The van der Waals surface area contributed by atoms with E-state index in [1.54, 1.807) is 0 Å². The van der Waals surface area contributed by atoms with Gasteiger partial charge in [-0.2, -0.15) is 21.6 Å². The highest BCUT2D eigenvalue weighted by atomic mass is 32.2. The third-order valence-electron chi connectivity index (χ3n) is 3.54. The number of alkyl halides is 3. The highest BCUT2D eigenvalue weighted by Gasteiger charge is 2.50. The summed E-state index contributed by atoms with van der Waals surface area (Å²) in [7, 11) is -5.91. The Bertz CT molecular complexity index is 853. The molecule has 0 bridgehead atoms. The molecule has 2 rings (SSSR count). The van der Waals surface area contributed by atoms with Crippen LogP contribution in [0.25, 0.3) is 5.76 Å². The van der Waals surface area contributed by atoms with Crippen LogP contribution >= 0.6 is 0 Å². The Morgan fingerprint density at radius 2 is 1.84 bits per heavy atom. The number of ether oxygens (including phenoxy) is 1. The van der Waals surface area contributed by atoms with Gasteiger partial charge in [-0.15, -0.1) is 0 Å². The maximum atomic E-state index is 14.2. The molecule has 0 aromatic heterocycles. The van der Waals surface area contributed by atoms with Crippen LogP contribution in [0.5, 0.6) is 0 Å². The number of carbonyl (C=O) groups excluding carboxylic acids is 1. The predicted octanol–water partition coefficient (Wildman–Crippen LogP) is 3.50. The molecule has 1 aliphatic rings. The van der Waals surface area contributed by atoms with Crippen LogP contribution in [0.15, 0.2) is 18.2 Å². The van der Waals surface area contributed by atoms with E-state index in [0.29, 0.717) is 0 Å². The Morgan fingerprint density at radius 3 is 2.36 bits per heavy atom. The summed E-state index contributed by atoms with van der Waals surface area (Å²) in [5, 5.41) is 0. The number of benzene rings is 1. The molecule has 1 aromatic rings. The van der Waals surface area contributed by atoms with Crippen molar-refractivity contribution in [1.29, 1.82) is 0 Å². The lowest BCUT2D eigenvalue weighted by atomic mass is 9.86. The summed E-state index contributed by atoms with van der Waals surface area (Å²) in [6.07, 6.45) is 1.12. The number of fused-ring (bicyclic) bond motifs is 1. The van der Waals surface area contributed by atoms with Gasteiger partial charge < -0.3 is 8.92 Å². The van der Waals surface area contributed by atoms with Gasteiger partial charge in [-0.05, 0) is 30.7 Å². The first kappa shape index (κ1) is 19.2. The highest BCUT2D eigenvalue weighted by Crippen LogP contribution is 2.43. The number of hydrogen-bond donors (Lipinski definition) is 0. The van der Waals surface area contributed by atoms with Crippen molar-refractivity contribution in [3.05, 3.63) is 40.7 Å². The molecule has 0 saturated carbocycles. The molecule has 0 atom stereocenters. The number of hydrogen-bond acceptors (Lipinski definition) is 5. The van der Waals surface area contributed by atoms with Crippen molar-refractivity contribution in [1.82, 2.24) is 0 Å². The van der Waals surface area contributed by atoms with Gasteiger partial charge in [0.25, 0.3) is 0 Å². The maximum absolute atomic E-state index is 14.2. The standard InChI is InChI=1S/C15H14F4O5S/c1-4-23-13(20)9-5-8-10(6-11(9)16)14(2,3)7-12(8)24-25(21,22)15(17,18)19/h5-7H,4H2,1-3H3. The Labute approximate surface area is 141 Å². The molecule has 0 N–H and O–H groups in total. The number of allylic oxidation sites excluding steroid dienone is 1. The van der Waals surface area contributed by atoms with Crippen LogP contribution in [0.3, 0.4) is 0 Å². The number of esters is 1. The van der Waals surface area contributed by atoms with Crippen LogP contribution in [0, 0.1) is 5.82 Å². The van der Waals surface area contributed by atoms with Gasteiger partial charge in [-0.1, -0.05) is 13.8 Å². The molecule has 0 fully saturated rings. The van der Waals surface area contributed by atoms with Gasteiger partial charge in [0.1, 0.15) is 11.6 Å². The Morgan fingerprint density at radius 1 is 1.24 bits per heavy atom. The van der Waals surface area contributed by atoms with Gasteiger partial charge in [-0.25, -0.2) is 9.18 Å². The lowest BCUT2D eigenvalue weighted by molar-refractivity contribution is -0.0509. The summed E-state index contributed by atoms with van der Waals surface area (Å²) >= 11 is 0. The van der Waals surface area contributed by atoms with Crippen LogP contribution < -0.4 is 0 Å². The molecule has 0 heterocycles. The summed E-state index contributed by atoms with van der Waals surface area (Å²) < 4.78 is 83.2. The van der Waals surface area contributed by atoms with E-state index in [-0.39, 0.29) is 17.7 Å². The lowest BCUT2D eigenvalue weighted by Crippen LogP contribution is -2.25. The average molecular weight is 382 g/mol. The lowest BCUT2D eigenvalue weighted by Gasteiger charge is -2.17. The largest absolute Gasteiger partial charge is 0.534 e. The molecule has 1 aromatic carbocycles. The zero-order chi connectivity index (χ0) is 19.2. The van der Waals surface area contributed by atoms with E-state index in [0.717, 1.165) is 18.2 Å². The zero-order valence-corrected chi connectivity index (χ0v) is 14.2. The minimum Gasteiger partial charge on any atom is -0.462 e. The van der Waals surface area contributed by atoms with Crippen LogP contribution in [0.4, 0.5) is 17.6 Å². The molecule has 5 nitrogen and oxygen atoms in total. The van der Waals surface area contributed by atoms with Crippen molar-refractivity contribution in [2.24, 2.45) is 0 Å². The Balaban J connectivity index is 2.56. The monoisotopic (exact) mass is 382 g/mol. The highest BCUT2D eigenvalue weighted by molar-refractivity contribution is 7.87. The van der Waals surface area contributed by atoms with Crippen molar-refractivity contribution in [3.63, 3.8) is 0 Å². The SMILES string of the molecule is CCOC(=O)c1cc2c(cc1F)C(C)(C)C=C2OS(=O)(=O)C(F)(F)F. The molecule has 25 heavy (non-hydrogen) atoms. The van der Waals surface area contributed by atoms with E-state index in [2.05, 4.69) is 8.92 Å². The first-order valence-electron chi connectivity index (χ1n) is 7.05. The minimum absolute atomic E-state index is 0.0392. The summed E-state index contributed by atoms with van der Waals surface area (Å²) in [5.74, 6) is -2.58. The molecular weight excluding hydrogens is 368 g/mol. The Hall–Kier alpha value is -2.10. The minimum atomic E-state index is -5.91. The molecule has 0 radical (unpaired) electrons. The van der Waals surface area contributed by atoms with E-state index in [9.17, 15) is 30.8 Å². The van der Waals surface area contributed by atoms with Gasteiger partial charge in [0, 0.05) is 11.0 Å². The molecule has 1 aliphatic carbocycles. The first-order valence-corrected chi connectivity index (χ1v) is 8.46. The van der Waals surface area contributed by atoms with Gasteiger partial charge in [0.05, 0.1) is 12.2 Å². The quantitative estimate of drug-likeness (QED) is 0.345. The van der Waals surface area contributed by atoms with Crippen molar-refractivity contribution in [2.45, 2.75) is 31.7 Å². The average Bonchev–Trinajstić information content (AvgIpc) is 2.67. The zero-order valence-electron chi connectivity index (χ0n) is 13.4. The smallest absolute Gasteiger partial charge is 0.462 e. The molecule has 138 valence electrons. The van der Waals surface area contributed by atoms with Gasteiger partial charge in [0.2, 0.25) is 0 Å². The summed E-state index contributed by atoms with van der Waals surface area (Å²) in [6, 6.07) is 1.88. The van der Waals surface area contributed by atoms with Crippen LogP contribution in [0.1, 0.15) is 42.3 Å². The van der Waals surface area contributed by atoms with Gasteiger partial charge in [-0.3, -0.25) is 0 Å². The second kappa shape index (κ2) is 6.01. The maximum Gasteiger partial charge on any atom is 0.534 e. The third-order valence-corrected chi connectivity index (χ3v) is 4.50. The van der Waals surface area contributed by atoms with E-state index in [4.69, 9.17) is 0 Å². The third kappa shape index (κ3) is 3.48. The summed E-state index contributed by atoms with van der Waals surface area (Å²) in [5.41, 5.74) is -7.09. The van der Waals surface area contributed by atoms with Crippen molar-refractivity contribution < 1.29 is 39.7 Å². The van der Waals surface area contributed by atoms with Crippen LogP contribution in [-0.4, -0.2) is 26.5 Å². The second-order valence-corrected chi connectivity index (χ2v) is 7.35. The molecule has 0 spiro atoms. The van der Waals surface area contributed by atoms with Gasteiger partial charge in [0.15, 0.2) is 0 Å². The van der Waals surface area contributed by atoms with Gasteiger partial charge >= 0.3 is 21.6 Å².